The van der Waals surface area contributed by atoms with Crippen molar-refractivity contribution in [2.45, 2.75) is 13.0 Å². The van der Waals surface area contributed by atoms with Crippen molar-refractivity contribution in [2.24, 2.45) is 0 Å². The van der Waals surface area contributed by atoms with Crippen molar-refractivity contribution < 1.29 is 9.90 Å². The van der Waals surface area contributed by atoms with E-state index in [-0.39, 0.29) is 0 Å². The van der Waals surface area contributed by atoms with Gasteiger partial charge in [0.25, 0.3) is 0 Å². The monoisotopic (exact) mass is 275 g/mol. The minimum absolute atomic E-state index is 0.619. The van der Waals surface area contributed by atoms with Crippen molar-refractivity contribution in [3.63, 3.8) is 0 Å². The Balaban J connectivity index is 2.26. The van der Waals surface area contributed by atoms with Crippen LogP contribution >= 0.6 is 11.6 Å². The van der Waals surface area contributed by atoms with Gasteiger partial charge in [-0.1, -0.05) is 41.4 Å². The van der Waals surface area contributed by atoms with Gasteiger partial charge in [-0.25, -0.2) is 4.79 Å². The number of hydrogen-bond acceptors (Lipinski definition) is 2. The van der Waals surface area contributed by atoms with Crippen LogP contribution in [0.4, 0.5) is 5.69 Å². The van der Waals surface area contributed by atoms with Gasteiger partial charge in [0.2, 0.25) is 0 Å². The van der Waals surface area contributed by atoms with Crippen LogP contribution in [0.1, 0.15) is 17.2 Å². The molecule has 2 aromatic carbocycles. The summed E-state index contributed by atoms with van der Waals surface area (Å²) in [6, 6.07) is 13.6. The Labute approximate surface area is 116 Å². The molecular weight excluding hydrogens is 262 g/mol. The minimum atomic E-state index is -0.916. The average molecular weight is 276 g/mol. The van der Waals surface area contributed by atoms with E-state index in [1.807, 2.05) is 25.1 Å². The molecule has 0 bridgehead atoms. The van der Waals surface area contributed by atoms with Crippen LogP contribution in [0.2, 0.25) is 5.02 Å². The molecule has 1 unspecified atom stereocenters. The molecule has 0 fully saturated rings. The highest BCUT2D eigenvalue weighted by Crippen LogP contribution is 2.22. The Bertz CT molecular complexity index is 581. The number of hydrogen-bond donors (Lipinski definition) is 2. The van der Waals surface area contributed by atoms with Crippen molar-refractivity contribution in [3.8, 4) is 0 Å². The van der Waals surface area contributed by atoms with Gasteiger partial charge in [-0.2, -0.15) is 0 Å². The molecule has 0 radical (unpaired) electrons. The maximum atomic E-state index is 11.4. The van der Waals surface area contributed by atoms with E-state index in [4.69, 9.17) is 11.6 Å². The van der Waals surface area contributed by atoms with Crippen molar-refractivity contribution >= 4 is 23.3 Å². The molecule has 2 aromatic rings. The van der Waals surface area contributed by atoms with Crippen LogP contribution in [0, 0.1) is 6.92 Å². The van der Waals surface area contributed by atoms with Crippen LogP contribution in [-0.4, -0.2) is 11.1 Å². The third-order valence-electron chi connectivity index (χ3n) is 2.78. The van der Waals surface area contributed by atoms with Gasteiger partial charge in [-0.3, -0.25) is 0 Å². The molecule has 98 valence electrons. The summed E-state index contributed by atoms with van der Waals surface area (Å²) in [6.07, 6.45) is 0. The maximum Gasteiger partial charge on any atom is 0.330 e. The van der Waals surface area contributed by atoms with Gasteiger partial charge in [-0.05, 0) is 36.8 Å². The summed E-state index contributed by atoms with van der Waals surface area (Å²) in [5, 5.41) is 13.0. The Morgan fingerprint density at radius 3 is 2.47 bits per heavy atom. The van der Waals surface area contributed by atoms with Gasteiger partial charge in [0.05, 0.1) is 0 Å². The molecule has 0 aliphatic rings. The van der Waals surface area contributed by atoms with Crippen molar-refractivity contribution in [3.05, 3.63) is 64.7 Å². The number of rotatable bonds is 4. The minimum Gasteiger partial charge on any atom is -0.479 e. The molecule has 3 nitrogen and oxygen atoms in total. The number of carbonyl (C=O) groups is 1. The maximum absolute atomic E-state index is 11.4. The van der Waals surface area contributed by atoms with E-state index < -0.39 is 12.0 Å². The second-order valence-corrected chi connectivity index (χ2v) is 4.77. The SMILES string of the molecule is Cc1cccc(C(Nc2ccc(Cl)cc2)C(=O)O)c1. The molecule has 2 N–H and O–H groups in total. The molecule has 0 saturated carbocycles. The second kappa shape index (κ2) is 5.76. The van der Waals surface area contributed by atoms with E-state index in [2.05, 4.69) is 5.32 Å². The Morgan fingerprint density at radius 1 is 1.21 bits per heavy atom. The highest BCUT2D eigenvalue weighted by molar-refractivity contribution is 6.30. The summed E-state index contributed by atoms with van der Waals surface area (Å²) in [4.78, 5) is 11.4. The van der Waals surface area contributed by atoms with Crippen LogP contribution in [-0.2, 0) is 4.79 Å². The standard InChI is InChI=1S/C15H14ClNO2/c1-10-3-2-4-11(9-10)14(15(18)19)17-13-7-5-12(16)6-8-13/h2-9,14,17H,1H3,(H,18,19). The average Bonchev–Trinajstić information content (AvgIpc) is 2.37. The topological polar surface area (TPSA) is 49.3 Å². The van der Waals surface area contributed by atoms with E-state index >= 15 is 0 Å². The summed E-state index contributed by atoms with van der Waals surface area (Å²) in [7, 11) is 0. The molecule has 0 aromatic heterocycles. The lowest BCUT2D eigenvalue weighted by Crippen LogP contribution is -2.20. The third kappa shape index (κ3) is 3.48. The lowest BCUT2D eigenvalue weighted by molar-refractivity contribution is -0.138. The van der Waals surface area contributed by atoms with Crippen LogP contribution in [0.5, 0.6) is 0 Å². The summed E-state index contributed by atoms with van der Waals surface area (Å²) in [5.41, 5.74) is 2.47. The molecule has 4 heteroatoms. The van der Waals surface area contributed by atoms with Gasteiger partial charge >= 0.3 is 5.97 Å². The van der Waals surface area contributed by atoms with Gasteiger partial charge in [0, 0.05) is 10.7 Å². The number of anilines is 1. The van der Waals surface area contributed by atoms with Crippen molar-refractivity contribution in [1.82, 2.24) is 0 Å². The lowest BCUT2D eigenvalue weighted by Gasteiger charge is -2.16. The Morgan fingerprint density at radius 2 is 1.89 bits per heavy atom. The normalized spacial score (nSPS) is 11.9. The second-order valence-electron chi connectivity index (χ2n) is 4.34. The van der Waals surface area contributed by atoms with E-state index in [0.29, 0.717) is 5.02 Å². The fourth-order valence-corrected chi connectivity index (χ4v) is 1.98. The van der Waals surface area contributed by atoms with Gasteiger partial charge in [0.1, 0.15) is 0 Å². The molecule has 0 heterocycles. The van der Waals surface area contributed by atoms with E-state index in [9.17, 15) is 9.90 Å². The van der Waals surface area contributed by atoms with Gasteiger partial charge in [0.15, 0.2) is 6.04 Å². The molecule has 1 atom stereocenters. The highest BCUT2D eigenvalue weighted by atomic mass is 35.5. The number of halogens is 1. The van der Waals surface area contributed by atoms with Crippen LogP contribution in [0.25, 0.3) is 0 Å². The van der Waals surface area contributed by atoms with E-state index in [0.717, 1.165) is 16.8 Å². The molecule has 19 heavy (non-hydrogen) atoms. The summed E-state index contributed by atoms with van der Waals surface area (Å²) in [6.45, 7) is 1.94. The fourth-order valence-electron chi connectivity index (χ4n) is 1.85. The molecule has 0 amide bonds. The van der Waals surface area contributed by atoms with Crippen molar-refractivity contribution in [1.29, 1.82) is 0 Å². The molecular formula is C15H14ClNO2. The van der Waals surface area contributed by atoms with Crippen LogP contribution in [0.15, 0.2) is 48.5 Å². The fraction of sp³-hybridized carbons (Fsp3) is 0.133. The van der Waals surface area contributed by atoms with Gasteiger partial charge < -0.3 is 10.4 Å². The third-order valence-corrected chi connectivity index (χ3v) is 3.03. The first-order valence-electron chi connectivity index (χ1n) is 5.88. The van der Waals surface area contributed by atoms with Crippen LogP contribution < -0.4 is 5.32 Å². The Hall–Kier alpha value is -2.00. The van der Waals surface area contributed by atoms with Gasteiger partial charge in [-0.15, -0.1) is 0 Å². The molecule has 0 aliphatic carbocycles. The smallest absolute Gasteiger partial charge is 0.330 e. The summed E-state index contributed by atoms with van der Waals surface area (Å²) < 4.78 is 0. The first-order valence-corrected chi connectivity index (χ1v) is 6.25. The summed E-state index contributed by atoms with van der Waals surface area (Å²) in [5.74, 6) is -0.916. The number of nitrogens with one attached hydrogen (secondary N) is 1. The van der Waals surface area contributed by atoms with Crippen LogP contribution in [0.3, 0.4) is 0 Å². The molecule has 0 saturated heterocycles. The summed E-state index contributed by atoms with van der Waals surface area (Å²) >= 11 is 5.80. The Kier molecular flexibility index (Phi) is 4.07. The zero-order chi connectivity index (χ0) is 13.8. The largest absolute Gasteiger partial charge is 0.479 e. The zero-order valence-corrected chi connectivity index (χ0v) is 11.2. The quantitative estimate of drug-likeness (QED) is 0.890. The first-order chi connectivity index (χ1) is 9.06. The lowest BCUT2D eigenvalue weighted by atomic mass is 10.0. The number of carboxylic acid groups (broad SMARTS) is 1. The van der Waals surface area contributed by atoms with E-state index in [1.165, 1.54) is 0 Å². The number of benzene rings is 2. The van der Waals surface area contributed by atoms with Crippen molar-refractivity contribution in [2.75, 3.05) is 5.32 Å². The number of aliphatic carboxylic acids is 1. The predicted octanol–water partition coefficient (Wildman–Crippen LogP) is 3.89. The molecule has 0 spiro atoms. The van der Waals surface area contributed by atoms with E-state index in [1.54, 1.807) is 30.3 Å². The zero-order valence-electron chi connectivity index (χ0n) is 10.4. The predicted molar refractivity (Wildman–Crippen MR) is 76.6 cm³/mol. The molecule has 0 aliphatic heterocycles. The first kappa shape index (κ1) is 13.4. The number of carboxylic acids is 1. The highest BCUT2D eigenvalue weighted by Gasteiger charge is 2.19. The molecule has 2 rings (SSSR count). The number of aryl methyl sites for hydroxylation is 1.